The van der Waals surface area contributed by atoms with Gasteiger partial charge in [-0.05, 0) is 30.6 Å². The Bertz CT molecular complexity index is 238. The molecular weight excluding hydrogens is 200 g/mol. The van der Waals surface area contributed by atoms with Gasteiger partial charge >= 0.3 is 0 Å². The number of rotatable bonds is 4. The van der Waals surface area contributed by atoms with Crippen LogP contribution in [0.2, 0.25) is 0 Å². The lowest BCUT2D eigenvalue weighted by atomic mass is 9.95. The van der Waals surface area contributed by atoms with E-state index in [0.717, 1.165) is 25.9 Å². The molecule has 2 N–H and O–H groups in total. The lowest BCUT2D eigenvalue weighted by Crippen LogP contribution is -2.43. The third-order valence-corrected chi connectivity index (χ3v) is 3.52. The quantitative estimate of drug-likeness (QED) is 0.795. The number of amides is 1. The molecule has 2 atom stereocenters. The highest BCUT2D eigenvalue weighted by atomic mass is 16.2. The van der Waals surface area contributed by atoms with E-state index in [1.54, 1.807) is 0 Å². The zero-order valence-electron chi connectivity index (χ0n) is 11.1. The topological polar surface area (TPSA) is 46.3 Å². The van der Waals surface area contributed by atoms with Crippen LogP contribution in [0.4, 0.5) is 0 Å². The number of hydrogen-bond donors (Lipinski definition) is 1. The van der Waals surface area contributed by atoms with Crippen LogP contribution in [-0.2, 0) is 4.79 Å². The highest BCUT2D eigenvalue weighted by molar-refractivity contribution is 5.81. The van der Waals surface area contributed by atoms with Crippen LogP contribution in [0.3, 0.4) is 0 Å². The molecular formula is C13H26N2O. The fourth-order valence-electron chi connectivity index (χ4n) is 2.37. The fraction of sp³-hybridized carbons (Fsp3) is 0.923. The van der Waals surface area contributed by atoms with Gasteiger partial charge < -0.3 is 10.6 Å². The Kier molecular flexibility index (Phi) is 4.78. The van der Waals surface area contributed by atoms with Crippen LogP contribution < -0.4 is 5.73 Å². The van der Waals surface area contributed by atoms with Crippen LogP contribution in [0.5, 0.6) is 0 Å². The van der Waals surface area contributed by atoms with Crippen molar-refractivity contribution < 1.29 is 4.79 Å². The molecule has 0 spiro atoms. The summed E-state index contributed by atoms with van der Waals surface area (Å²) in [7, 11) is 0. The van der Waals surface area contributed by atoms with E-state index >= 15 is 0 Å². The number of nitrogens with two attached hydrogens (primary N) is 1. The van der Waals surface area contributed by atoms with E-state index in [9.17, 15) is 4.79 Å². The molecule has 1 aliphatic heterocycles. The Labute approximate surface area is 99.4 Å². The number of likely N-dealkylation sites (tertiary alicyclic amines) is 1. The molecule has 1 amide bonds. The molecule has 1 saturated heterocycles. The molecule has 0 saturated carbocycles. The van der Waals surface area contributed by atoms with E-state index in [0.29, 0.717) is 17.8 Å². The monoisotopic (exact) mass is 226 g/mol. The summed E-state index contributed by atoms with van der Waals surface area (Å²) >= 11 is 0. The molecule has 3 heteroatoms. The molecule has 2 unspecified atom stereocenters. The van der Waals surface area contributed by atoms with Gasteiger partial charge in [-0.2, -0.15) is 0 Å². The van der Waals surface area contributed by atoms with Gasteiger partial charge in [0.2, 0.25) is 5.91 Å². The normalized spacial score (nSPS) is 23.2. The minimum absolute atomic E-state index is 0.150. The number of carbonyl (C=O) groups is 1. The van der Waals surface area contributed by atoms with Crippen molar-refractivity contribution in [2.45, 2.75) is 46.6 Å². The third kappa shape index (κ3) is 3.48. The van der Waals surface area contributed by atoms with Crippen LogP contribution in [0, 0.1) is 17.8 Å². The van der Waals surface area contributed by atoms with Gasteiger partial charge in [0.15, 0.2) is 0 Å². The second-order valence-electron chi connectivity index (χ2n) is 5.81. The van der Waals surface area contributed by atoms with Crippen LogP contribution in [0.15, 0.2) is 0 Å². The van der Waals surface area contributed by atoms with E-state index < -0.39 is 0 Å². The van der Waals surface area contributed by atoms with Gasteiger partial charge in [-0.15, -0.1) is 0 Å². The lowest BCUT2D eigenvalue weighted by molar-refractivity contribution is -0.132. The largest absolute Gasteiger partial charge is 0.341 e. The SMILES string of the molecule is CC(C)CC(N)C(=O)N1CCC(C(C)C)C1. The molecule has 1 aliphatic rings. The minimum atomic E-state index is -0.300. The fourth-order valence-corrected chi connectivity index (χ4v) is 2.37. The van der Waals surface area contributed by atoms with Crippen LogP contribution >= 0.6 is 0 Å². The highest BCUT2D eigenvalue weighted by Crippen LogP contribution is 2.24. The van der Waals surface area contributed by atoms with E-state index in [1.807, 2.05) is 4.90 Å². The first-order chi connectivity index (χ1) is 7.41. The van der Waals surface area contributed by atoms with Crippen molar-refractivity contribution in [1.29, 1.82) is 0 Å². The Morgan fingerprint density at radius 2 is 2.00 bits per heavy atom. The number of nitrogens with zero attached hydrogens (tertiary/aromatic N) is 1. The van der Waals surface area contributed by atoms with Crippen LogP contribution in [-0.4, -0.2) is 29.9 Å². The minimum Gasteiger partial charge on any atom is -0.341 e. The predicted octanol–water partition coefficient (Wildman–Crippen LogP) is 1.86. The maximum absolute atomic E-state index is 12.0. The molecule has 0 bridgehead atoms. The van der Waals surface area contributed by atoms with Gasteiger partial charge in [0.1, 0.15) is 0 Å². The average Bonchev–Trinajstić information content (AvgIpc) is 2.64. The van der Waals surface area contributed by atoms with Crippen molar-refractivity contribution in [2.24, 2.45) is 23.5 Å². The Hall–Kier alpha value is -0.570. The first-order valence-electron chi connectivity index (χ1n) is 6.46. The van der Waals surface area contributed by atoms with E-state index in [-0.39, 0.29) is 11.9 Å². The summed E-state index contributed by atoms with van der Waals surface area (Å²) in [5.74, 6) is 1.97. The highest BCUT2D eigenvalue weighted by Gasteiger charge is 2.30. The summed E-state index contributed by atoms with van der Waals surface area (Å²) in [5, 5.41) is 0. The second-order valence-corrected chi connectivity index (χ2v) is 5.81. The predicted molar refractivity (Wildman–Crippen MR) is 67.0 cm³/mol. The molecule has 94 valence electrons. The van der Waals surface area contributed by atoms with Crippen molar-refractivity contribution in [3.63, 3.8) is 0 Å². The molecule has 0 aromatic rings. The van der Waals surface area contributed by atoms with Crippen molar-refractivity contribution in [3.8, 4) is 0 Å². The molecule has 0 aliphatic carbocycles. The zero-order valence-corrected chi connectivity index (χ0v) is 11.1. The van der Waals surface area contributed by atoms with Gasteiger partial charge in [-0.1, -0.05) is 27.7 Å². The summed E-state index contributed by atoms with van der Waals surface area (Å²) in [6.07, 6.45) is 1.93. The standard InChI is InChI=1S/C13H26N2O/c1-9(2)7-12(14)13(16)15-6-5-11(8-15)10(3)4/h9-12H,5-8,14H2,1-4H3. The Morgan fingerprint density at radius 1 is 1.38 bits per heavy atom. The molecule has 0 aromatic carbocycles. The van der Waals surface area contributed by atoms with E-state index in [4.69, 9.17) is 5.73 Å². The zero-order chi connectivity index (χ0) is 12.3. The molecule has 3 nitrogen and oxygen atoms in total. The van der Waals surface area contributed by atoms with Crippen molar-refractivity contribution in [2.75, 3.05) is 13.1 Å². The molecule has 16 heavy (non-hydrogen) atoms. The van der Waals surface area contributed by atoms with Gasteiger partial charge in [0.25, 0.3) is 0 Å². The van der Waals surface area contributed by atoms with Crippen LogP contribution in [0.1, 0.15) is 40.5 Å². The van der Waals surface area contributed by atoms with Gasteiger partial charge in [-0.3, -0.25) is 4.79 Å². The van der Waals surface area contributed by atoms with Gasteiger partial charge in [0, 0.05) is 13.1 Å². The summed E-state index contributed by atoms with van der Waals surface area (Å²) in [5.41, 5.74) is 5.93. The lowest BCUT2D eigenvalue weighted by Gasteiger charge is -2.22. The van der Waals surface area contributed by atoms with Crippen molar-refractivity contribution >= 4 is 5.91 Å². The number of hydrogen-bond acceptors (Lipinski definition) is 2. The Morgan fingerprint density at radius 3 is 2.44 bits per heavy atom. The molecule has 1 fully saturated rings. The maximum atomic E-state index is 12.0. The number of carbonyl (C=O) groups excluding carboxylic acids is 1. The Balaban J connectivity index is 2.44. The average molecular weight is 226 g/mol. The molecule has 1 rings (SSSR count). The van der Waals surface area contributed by atoms with Gasteiger partial charge in [0.05, 0.1) is 6.04 Å². The van der Waals surface area contributed by atoms with Gasteiger partial charge in [-0.25, -0.2) is 0 Å². The molecule has 1 heterocycles. The summed E-state index contributed by atoms with van der Waals surface area (Å²) in [4.78, 5) is 14.0. The summed E-state index contributed by atoms with van der Waals surface area (Å²) < 4.78 is 0. The van der Waals surface area contributed by atoms with E-state index in [1.165, 1.54) is 0 Å². The van der Waals surface area contributed by atoms with Crippen molar-refractivity contribution in [3.05, 3.63) is 0 Å². The van der Waals surface area contributed by atoms with Crippen LogP contribution in [0.25, 0.3) is 0 Å². The first kappa shape index (κ1) is 13.5. The summed E-state index contributed by atoms with van der Waals surface area (Å²) in [6.45, 7) is 10.5. The van der Waals surface area contributed by atoms with Crippen molar-refractivity contribution in [1.82, 2.24) is 4.90 Å². The summed E-state index contributed by atoms with van der Waals surface area (Å²) in [6, 6.07) is -0.300. The molecule has 0 aromatic heterocycles. The molecule has 0 radical (unpaired) electrons. The maximum Gasteiger partial charge on any atom is 0.239 e. The van der Waals surface area contributed by atoms with E-state index in [2.05, 4.69) is 27.7 Å². The second kappa shape index (κ2) is 5.67. The first-order valence-corrected chi connectivity index (χ1v) is 6.46. The third-order valence-electron chi connectivity index (χ3n) is 3.52. The smallest absolute Gasteiger partial charge is 0.239 e.